The van der Waals surface area contributed by atoms with Gasteiger partial charge in [-0.1, -0.05) is 92.5 Å². The first-order valence-corrected chi connectivity index (χ1v) is 8.24. The van der Waals surface area contributed by atoms with Crippen LogP contribution in [0.2, 0.25) is 0 Å². The lowest BCUT2D eigenvalue weighted by atomic mass is 10.3. The molecule has 0 aromatic heterocycles. The van der Waals surface area contributed by atoms with Gasteiger partial charge in [-0.3, -0.25) is 0 Å². The van der Waals surface area contributed by atoms with Gasteiger partial charge in [-0.15, -0.1) is 0 Å². The average molecular weight is 274 g/mol. The van der Waals surface area contributed by atoms with Crippen LogP contribution in [-0.2, 0) is 0 Å². The van der Waals surface area contributed by atoms with Gasteiger partial charge < -0.3 is 0 Å². The monoisotopic (exact) mass is 274 g/mol. The Morgan fingerprint density at radius 1 is 0.722 bits per heavy atom. The van der Waals surface area contributed by atoms with Crippen LogP contribution in [0.1, 0.15) is 20.8 Å². The second-order valence-corrected chi connectivity index (χ2v) is 9.07. The Morgan fingerprint density at radius 3 is 1.89 bits per heavy atom. The largest absolute Gasteiger partial charge is 0.0842 e. The number of hydrogen-bond donors (Lipinski definition) is 0. The van der Waals surface area contributed by atoms with Gasteiger partial charge in [0.25, 0.3) is 0 Å². The fourth-order valence-electron chi connectivity index (χ4n) is 1.78. The zero-order valence-corrected chi connectivity index (χ0v) is 13.2. The van der Waals surface area contributed by atoms with E-state index in [-0.39, 0.29) is 0 Å². The maximum atomic E-state index is 2.31. The summed E-state index contributed by atoms with van der Waals surface area (Å²) < 4.78 is 0. The van der Waals surface area contributed by atoms with Crippen LogP contribution in [-0.4, -0.2) is 5.16 Å². The van der Waals surface area contributed by atoms with E-state index in [4.69, 9.17) is 0 Å². The van der Waals surface area contributed by atoms with Gasteiger partial charge in [0.05, 0.1) is 0 Å². The van der Waals surface area contributed by atoms with Crippen molar-refractivity contribution in [2.75, 3.05) is 0 Å². The zero-order valence-electron chi connectivity index (χ0n) is 11.2. The molecule has 2 heteroatoms. The molecule has 18 heavy (non-hydrogen) atoms. The molecule has 0 aliphatic rings. The fraction of sp³-hybridized carbons (Fsp3) is 0.250. The lowest BCUT2D eigenvalue weighted by molar-refractivity contribution is 0.799. The molecule has 0 aliphatic heterocycles. The van der Waals surface area contributed by atoms with Gasteiger partial charge in [-0.2, -0.15) is 0 Å². The first-order valence-electron chi connectivity index (χ1n) is 6.24. The van der Waals surface area contributed by atoms with E-state index in [9.17, 15) is 0 Å². The van der Waals surface area contributed by atoms with Crippen molar-refractivity contribution in [2.24, 2.45) is 0 Å². The summed E-state index contributed by atoms with van der Waals surface area (Å²) >= 11 is 0. The molecule has 2 aromatic carbocycles. The Hall–Kier alpha value is -0.700. The summed E-state index contributed by atoms with van der Waals surface area (Å²) in [6.45, 7) is 6.94. The Balaban J connectivity index is 2.23. The Bertz CT molecular complexity index is 498. The molecule has 0 saturated carbocycles. The minimum atomic E-state index is 0.372. The molecular formula is C16H20P2. The third kappa shape index (κ3) is 4.20. The van der Waals surface area contributed by atoms with Crippen LogP contribution in [0, 0.1) is 0 Å². The Labute approximate surface area is 114 Å². The average Bonchev–Trinajstić information content (AvgIpc) is 2.31. The molecule has 0 amide bonds. The lowest BCUT2D eigenvalue weighted by Crippen LogP contribution is -2.22. The first-order chi connectivity index (χ1) is 8.54. The van der Waals surface area contributed by atoms with Crippen molar-refractivity contribution < 1.29 is 0 Å². The molecule has 0 spiro atoms. The highest BCUT2D eigenvalue weighted by Gasteiger charge is 2.13. The Kier molecular flexibility index (Phi) is 4.55. The molecule has 0 N–H and O–H groups in total. The van der Waals surface area contributed by atoms with E-state index in [1.807, 2.05) is 0 Å². The second kappa shape index (κ2) is 5.96. The van der Waals surface area contributed by atoms with Gasteiger partial charge >= 0.3 is 0 Å². The van der Waals surface area contributed by atoms with E-state index in [0.29, 0.717) is 5.16 Å². The molecule has 2 atom stereocenters. The van der Waals surface area contributed by atoms with Crippen molar-refractivity contribution in [1.29, 1.82) is 0 Å². The second-order valence-electron chi connectivity index (χ2n) is 5.41. The SMILES string of the molecule is CC(C)(C)Pc1ccccc1Pc1ccccc1. The standard InChI is InChI=1S/C16H20P2/c1-16(2,3)18-15-12-8-7-11-14(15)17-13-9-5-4-6-10-13/h4-12,17-18H,1-3H3. The normalized spacial score (nSPS) is 12.8. The van der Waals surface area contributed by atoms with Crippen molar-refractivity contribution in [3.05, 3.63) is 54.6 Å². The van der Waals surface area contributed by atoms with E-state index < -0.39 is 0 Å². The van der Waals surface area contributed by atoms with E-state index in [0.717, 1.165) is 17.2 Å². The van der Waals surface area contributed by atoms with Crippen LogP contribution in [0.15, 0.2) is 54.6 Å². The van der Waals surface area contributed by atoms with Gasteiger partial charge in [0, 0.05) is 0 Å². The minimum Gasteiger partial charge on any atom is -0.0842 e. The van der Waals surface area contributed by atoms with Gasteiger partial charge in [0.2, 0.25) is 0 Å². The smallest absolute Gasteiger partial charge is 0.0152 e. The lowest BCUT2D eigenvalue weighted by Gasteiger charge is -2.20. The number of benzene rings is 2. The summed E-state index contributed by atoms with van der Waals surface area (Å²) in [6.07, 6.45) is 0. The minimum absolute atomic E-state index is 0.372. The summed E-state index contributed by atoms with van der Waals surface area (Å²) in [7, 11) is 1.64. The van der Waals surface area contributed by atoms with Crippen LogP contribution in [0.25, 0.3) is 0 Å². The van der Waals surface area contributed by atoms with Crippen LogP contribution < -0.4 is 15.9 Å². The molecule has 0 nitrogen and oxygen atoms in total. The third-order valence-electron chi connectivity index (χ3n) is 2.49. The quantitative estimate of drug-likeness (QED) is 0.752. The van der Waals surface area contributed by atoms with Crippen LogP contribution in [0.4, 0.5) is 0 Å². The molecule has 0 saturated heterocycles. The van der Waals surface area contributed by atoms with Gasteiger partial charge in [-0.25, -0.2) is 0 Å². The van der Waals surface area contributed by atoms with Crippen LogP contribution in [0.3, 0.4) is 0 Å². The topological polar surface area (TPSA) is 0 Å². The summed E-state index contributed by atoms with van der Waals surface area (Å²) in [6, 6.07) is 19.6. The highest BCUT2D eigenvalue weighted by atomic mass is 31.1. The van der Waals surface area contributed by atoms with E-state index in [1.54, 1.807) is 0 Å². The van der Waals surface area contributed by atoms with Crippen molar-refractivity contribution >= 4 is 33.1 Å². The van der Waals surface area contributed by atoms with Gasteiger partial charge in [-0.05, 0) is 21.1 Å². The fourth-order valence-corrected chi connectivity index (χ4v) is 4.43. The van der Waals surface area contributed by atoms with E-state index >= 15 is 0 Å². The molecule has 0 bridgehead atoms. The molecular weight excluding hydrogens is 254 g/mol. The molecule has 2 unspecified atom stereocenters. The molecule has 0 radical (unpaired) electrons. The molecule has 0 heterocycles. The summed E-state index contributed by atoms with van der Waals surface area (Å²) in [5.41, 5.74) is 0. The maximum absolute atomic E-state index is 2.31. The summed E-state index contributed by atoms with van der Waals surface area (Å²) in [5, 5.41) is 4.81. The van der Waals surface area contributed by atoms with Crippen molar-refractivity contribution in [3.8, 4) is 0 Å². The molecule has 2 rings (SSSR count). The molecule has 94 valence electrons. The van der Waals surface area contributed by atoms with Gasteiger partial charge in [0.1, 0.15) is 0 Å². The van der Waals surface area contributed by atoms with Crippen LogP contribution in [0.5, 0.6) is 0 Å². The van der Waals surface area contributed by atoms with E-state index in [1.165, 1.54) is 15.9 Å². The van der Waals surface area contributed by atoms with Crippen molar-refractivity contribution in [3.63, 3.8) is 0 Å². The zero-order chi connectivity index (χ0) is 13.0. The highest BCUT2D eigenvalue weighted by Crippen LogP contribution is 2.30. The Morgan fingerprint density at radius 2 is 1.28 bits per heavy atom. The van der Waals surface area contributed by atoms with Crippen molar-refractivity contribution in [1.82, 2.24) is 0 Å². The first kappa shape index (κ1) is 13.7. The van der Waals surface area contributed by atoms with Crippen molar-refractivity contribution in [2.45, 2.75) is 25.9 Å². The van der Waals surface area contributed by atoms with Gasteiger partial charge in [0.15, 0.2) is 0 Å². The number of rotatable bonds is 3. The van der Waals surface area contributed by atoms with E-state index in [2.05, 4.69) is 75.4 Å². The third-order valence-corrected chi connectivity index (χ3v) is 5.52. The molecule has 0 fully saturated rings. The maximum Gasteiger partial charge on any atom is -0.0152 e. The molecule has 2 aromatic rings. The predicted octanol–water partition coefficient (Wildman–Crippen LogP) is 3.42. The summed E-state index contributed by atoms with van der Waals surface area (Å²) in [5.74, 6) is 0. The summed E-state index contributed by atoms with van der Waals surface area (Å²) in [4.78, 5) is 0. The number of hydrogen-bond acceptors (Lipinski definition) is 0. The molecule has 0 aliphatic carbocycles. The highest BCUT2D eigenvalue weighted by molar-refractivity contribution is 7.59. The van der Waals surface area contributed by atoms with Crippen LogP contribution >= 0.6 is 17.2 Å². The predicted molar refractivity (Wildman–Crippen MR) is 88.2 cm³/mol.